The van der Waals surface area contributed by atoms with Crippen molar-refractivity contribution in [2.75, 3.05) is 12.4 Å². The molecule has 0 unspecified atom stereocenters. The standard InChI is InChI=1S/C26H24ClFN2O2/c1-16(2)18-6-4-17(5-7-18)15-32-26-13-20-23(10-11-29-24(20)14-25(26)31-3)30-19-8-9-22(28)21(27)12-19/h4-14,16H,15H2,1-3H3,(H,29,30). The van der Waals surface area contributed by atoms with Crippen molar-refractivity contribution in [1.82, 2.24) is 4.98 Å². The fraction of sp³-hybridized carbons (Fsp3) is 0.192. The summed E-state index contributed by atoms with van der Waals surface area (Å²) in [6.07, 6.45) is 1.70. The van der Waals surface area contributed by atoms with Crippen LogP contribution in [0, 0.1) is 5.82 Å². The highest BCUT2D eigenvalue weighted by molar-refractivity contribution is 6.31. The van der Waals surface area contributed by atoms with Crippen molar-refractivity contribution >= 4 is 33.9 Å². The number of ether oxygens (including phenoxy) is 2. The zero-order valence-corrected chi connectivity index (χ0v) is 18.9. The number of benzene rings is 3. The van der Waals surface area contributed by atoms with Crippen molar-refractivity contribution < 1.29 is 13.9 Å². The lowest BCUT2D eigenvalue weighted by atomic mass is 10.0. The molecular formula is C26H24ClFN2O2. The van der Waals surface area contributed by atoms with Gasteiger partial charge in [0, 0.05) is 29.0 Å². The number of nitrogens with one attached hydrogen (secondary N) is 1. The molecule has 0 saturated heterocycles. The van der Waals surface area contributed by atoms with E-state index in [9.17, 15) is 4.39 Å². The third-order valence-electron chi connectivity index (χ3n) is 5.27. The molecule has 0 fully saturated rings. The smallest absolute Gasteiger partial charge is 0.162 e. The van der Waals surface area contributed by atoms with E-state index in [2.05, 4.69) is 48.4 Å². The Morgan fingerprint density at radius 1 is 1.00 bits per heavy atom. The molecule has 4 aromatic rings. The van der Waals surface area contributed by atoms with Crippen LogP contribution in [-0.2, 0) is 6.61 Å². The monoisotopic (exact) mass is 450 g/mol. The lowest BCUT2D eigenvalue weighted by Crippen LogP contribution is -2.00. The molecule has 0 amide bonds. The summed E-state index contributed by atoms with van der Waals surface area (Å²) < 4.78 is 25.2. The Balaban J connectivity index is 1.63. The van der Waals surface area contributed by atoms with E-state index in [1.54, 1.807) is 25.4 Å². The Morgan fingerprint density at radius 3 is 2.47 bits per heavy atom. The van der Waals surface area contributed by atoms with Crippen LogP contribution in [0.4, 0.5) is 15.8 Å². The fourth-order valence-electron chi connectivity index (χ4n) is 3.42. The number of rotatable bonds is 7. The van der Waals surface area contributed by atoms with E-state index in [0.29, 0.717) is 29.7 Å². The minimum atomic E-state index is -0.460. The quantitative estimate of drug-likeness (QED) is 0.317. The number of fused-ring (bicyclic) bond motifs is 1. The first-order chi connectivity index (χ1) is 15.4. The van der Waals surface area contributed by atoms with Gasteiger partial charge in [0.15, 0.2) is 11.5 Å². The predicted molar refractivity (Wildman–Crippen MR) is 128 cm³/mol. The van der Waals surface area contributed by atoms with Gasteiger partial charge in [0.2, 0.25) is 0 Å². The van der Waals surface area contributed by atoms with Crippen molar-refractivity contribution in [2.45, 2.75) is 26.4 Å². The topological polar surface area (TPSA) is 43.4 Å². The Bertz CT molecular complexity index is 1240. The van der Waals surface area contributed by atoms with Crippen molar-refractivity contribution in [3.63, 3.8) is 0 Å². The van der Waals surface area contributed by atoms with Gasteiger partial charge in [0.25, 0.3) is 0 Å². The van der Waals surface area contributed by atoms with Crippen molar-refractivity contribution in [1.29, 1.82) is 0 Å². The van der Waals surface area contributed by atoms with Crippen LogP contribution >= 0.6 is 11.6 Å². The molecule has 0 spiro atoms. The molecule has 0 saturated carbocycles. The number of anilines is 2. The maximum atomic E-state index is 13.5. The van der Waals surface area contributed by atoms with Crippen LogP contribution in [0.1, 0.15) is 30.9 Å². The molecular weight excluding hydrogens is 427 g/mol. The summed E-state index contributed by atoms with van der Waals surface area (Å²) in [5.74, 6) is 1.24. The van der Waals surface area contributed by atoms with Crippen LogP contribution in [0.15, 0.2) is 66.9 Å². The van der Waals surface area contributed by atoms with Gasteiger partial charge in [-0.2, -0.15) is 0 Å². The summed E-state index contributed by atoms with van der Waals surface area (Å²) in [4.78, 5) is 4.45. The minimum absolute atomic E-state index is 0.0579. The van der Waals surface area contributed by atoms with E-state index in [-0.39, 0.29) is 5.02 Å². The lowest BCUT2D eigenvalue weighted by molar-refractivity contribution is 0.285. The van der Waals surface area contributed by atoms with Gasteiger partial charge in [-0.25, -0.2) is 4.39 Å². The highest BCUT2D eigenvalue weighted by Crippen LogP contribution is 2.36. The summed E-state index contributed by atoms with van der Waals surface area (Å²) in [6.45, 7) is 4.76. The molecule has 164 valence electrons. The number of nitrogens with zero attached hydrogens (tertiary/aromatic N) is 1. The number of methoxy groups -OCH3 is 1. The minimum Gasteiger partial charge on any atom is -0.493 e. The first-order valence-electron chi connectivity index (χ1n) is 10.3. The molecule has 0 bridgehead atoms. The van der Waals surface area contributed by atoms with Gasteiger partial charge in [-0.05, 0) is 47.4 Å². The Hall–Kier alpha value is -3.31. The first-order valence-corrected chi connectivity index (χ1v) is 10.7. The van der Waals surface area contributed by atoms with Gasteiger partial charge in [0.1, 0.15) is 12.4 Å². The zero-order chi connectivity index (χ0) is 22.7. The molecule has 0 aliphatic heterocycles. The average Bonchev–Trinajstić information content (AvgIpc) is 2.80. The number of halogens is 2. The molecule has 1 N–H and O–H groups in total. The molecule has 0 aliphatic rings. The van der Waals surface area contributed by atoms with Gasteiger partial charge in [-0.15, -0.1) is 0 Å². The van der Waals surface area contributed by atoms with Crippen LogP contribution in [0.3, 0.4) is 0 Å². The number of aromatic nitrogens is 1. The Kier molecular flexibility index (Phi) is 6.47. The van der Waals surface area contributed by atoms with E-state index in [1.807, 2.05) is 18.2 Å². The van der Waals surface area contributed by atoms with Crippen molar-refractivity contribution in [2.24, 2.45) is 0 Å². The molecule has 1 heterocycles. The largest absolute Gasteiger partial charge is 0.493 e. The number of hydrogen-bond acceptors (Lipinski definition) is 4. The third-order valence-corrected chi connectivity index (χ3v) is 5.56. The lowest BCUT2D eigenvalue weighted by Gasteiger charge is -2.15. The molecule has 0 aliphatic carbocycles. The van der Waals surface area contributed by atoms with E-state index in [0.717, 1.165) is 22.2 Å². The van der Waals surface area contributed by atoms with Gasteiger partial charge in [-0.1, -0.05) is 49.7 Å². The highest BCUT2D eigenvalue weighted by Gasteiger charge is 2.12. The van der Waals surface area contributed by atoms with Crippen molar-refractivity contribution in [3.8, 4) is 11.5 Å². The normalized spacial score (nSPS) is 11.1. The second kappa shape index (κ2) is 9.45. The van der Waals surface area contributed by atoms with Crippen molar-refractivity contribution in [3.05, 3.63) is 88.8 Å². The second-order valence-corrected chi connectivity index (χ2v) is 8.22. The molecule has 0 atom stereocenters. The predicted octanol–water partition coefficient (Wildman–Crippen LogP) is 7.48. The molecule has 4 rings (SSSR count). The van der Waals surface area contributed by atoms with Gasteiger partial charge >= 0.3 is 0 Å². The third kappa shape index (κ3) is 4.78. The Labute approximate surface area is 192 Å². The second-order valence-electron chi connectivity index (χ2n) is 7.82. The molecule has 1 aromatic heterocycles. The van der Waals surface area contributed by atoms with E-state index in [4.69, 9.17) is 21.1 Å². The van der Waals surface area contributed by atoms with Crippen LogP contribution < -0.4 is 14.8 Å². The summed E-state index contributed by atoms with van der Waals surface area (Å²) in [7, 11) is 1.61. The zero-order valence-electron chi connectivity index (χ0n) is 18.2. The maximum absolute atomic E-state index is 13.5. The summed E-state index contributed by atoms with van der Waals surface area (Å²) >= 11 is 5.93. The van der Waals surface area contributed by atoms with E-state index < -0.39 is 5.82 Å². The van der Waals surface area contributed by atoms with E-state index >= 15 is 0 Å². The molecule has 32 heavy (non-hydrogen) atoms. The molecule has 3 aromatic carbocycles. The van der Waals surface area contributed by atoms with Crippen LogP contribution in [-0.4, -0.2) is 12.1 Å². The summed E-state index contributed by atoms with van der Waals surface area (Å²) in [5.41, 5.74) is 4.58. The van der Waals surface area contributed by atoms with Gasteiger partial charge < -0.3 is 14.8 Å². The molecule has 0 radical (unpaired) electrons. The Morgan fingerprint density at radius 2 is 1.78 bits per heavy atom. The summed E-state index contributed by atoms with van der Waals surface area (Å²) in [6, 6.07) is 18.5. The molecule has 4 nitrogen and oxygen atoms in total. The van der Waals surface area contributed by atoms with Gasteiger partial charge in [0.05, 0.1) is 17.6 Å². The van der Waals surface area contributed by atoms with E-state index in [1.165, 1.54) is 11.6 Å². The number of pyridine rings is 1. The van der Waals surface area contributed by atoms with Crippen LogP contribution in [0.25, 0.3) is 10.9 Å². The average molecular weight is 451 g/mol. The molecule has 6 heteroatoms. The van der Waals surface area contributed by atoms with Crippen LogP contribution in [0.5, 0.6) is 11.5 Å². The maximum Gasteiger partial charge on any atom is 0.162 e. The number of hydrogen-bond donors (Lipinski definition) is 1. The van der Waals surface area contributed by atoms with Crippen LogP contribution in [0.2, 0.25) is 5.02 Å². The first kappa shape index (κ1) is 21.9. The SMILES string of the molecule is COc1cc2nccc(Nc3ccc(F)c(Cl)c3)c2cc1OCc1ccc(C(C)C)cc1. The summed E-state index contributed by atoms with van der Waals surface area (Å²) in [5, 5.41) is 4.19. The highest BCUT2D eigenvalue weighted by atomic mass is 35.5. The fourth-order valence-corrected chi connectivity index (χ4v) is 3.60. The van der Waals surface area contributed by atoms with Gasteiger partial charge in [-0.3, -0.25) is 4.98 Å².